The number of carbonyl (C=O) groups excluding carboxylic acids is 2. The molecule has 4 bridgehead atoms. The molecule has 10 heteroatoms. The maximum atomic E-state index is 13.4. The number of halogens is 2. The number of carbonyl (C=O) groups is 2. The first-order valence-corrected chi connectivity index (χ1v) is 13.2. The van der Waals surface area contributed by atoms with E-state index in [1.807, 2.05) is 0 Å². The van der Waals surface area contributed by atoms with Gasteiger partial charge >= 0.3 is 0 Å². The molecular weight excluding hydrogens is 473 g/mol. The van der Waals surface area contributed by atoms with Gasteiger partial charge in [0.05, 0.1) is 5.02 Å². The largest absolute Gasteiger partial charge is 0.369 e. The van der Waals surface area contributed by atoms with E-state index in [2.05, 4.69) is 5.32 Å². The van der Waals surface area contributed by atoms with Gasteiger partial charge in [-0.05, 0) is 80.9 Å². The maximum Gasteiger partial charge on any atom is 0.245 e. The van der Waals surface area contributed by atoms with Gasteiger partial charge in [-0.25, -0.2) is 8.42 Å². The third-order valence-corrected chi connectivity index (χ3v) is 11.0. The van der Waals surface area contributed by atoms with Gasteiger partial charge in [0.15, 0.2) is 0 Å². The van der Waals surface area contributed by atoms with Gasteiger partial charge in [0.2, 0.25) is 21.8 Å². The average Bonchev–Trinajstić information content (AvgIpc) is 3.51. The van der Waals surface area contributed by atoms with E-state index in [-0.39, 0.29) is 39.6 Å². The smallest absolute Gasteiger partial charge is 0.245 e. The fourth-order valence-electron chi connectivity index (χ4n) is 6.71. The Hall–Kier alpha value is -1.35. The van der Waals surface area contributed by atoms with Crippen LogP contribution in [0.2, 0.25) is 10.0 Å². The van der Waals surface area contributed by atoms with E-state index in [0.717, 1.165) is 23.6 Å². The molecule has 2 atom stereocenters. The van der Waals surface area contributed by atoms with Gasteiger partial charge in [-0.2, -0.15) is 4.31 Å². The van der Waals surface area contributed by atoms with Crippen molar-refractivity contribution in [3.63, 3.8) is 0 Å². The van der Waals surface area contributed by atoms with Gasteiger partial charge in [0, 0.05) is 23.5 Å². The van der Waals surface area contributed by atoms with Crippen LogP contribution in [0, 0.1) is 23.2 Å². The summed E-state index contributed by atoms with van der Waals surface area (Å²) in [6.45, 7) is 0. The molecule has 0 heterocycles. The van der Waals surface area contributed by atoms with Crippen LogP contribution in [0.3, 0.4) is 0 Å². The highest BCUT2D eigenvalue weighted by Gasteiger charge is 2.61. The lowest BCUT2D eigenvalue weighted by Gasteiger charge is -2.59. The topological polar surface area (TPSA) is 110 Å². The summed E-state index contributed by atoms with van der Waals surface area (Å²) in [5.41, 5.74) is 4.22. The lowest BCUT2D eigenvalue weighted by atomic mass is 9.47. The second-order valence-electron chi connectivity index (χ2n) is 10.2. The second kappa shape index (κ2) is 7.32. The van der Waals surface area contributed by atoms with Crippen molar-refractivity contribution >= 4 is 45.0 Å². The summed E-state index contributed by atoms with van der Waals surface area (Å²) < 4.78 is 27.7. The normalized spacial score (nSPS) is 34.5. The van der Waals surface area contributed by atoms with Crippen LogP contribution in [-0.4, -0.2) is 43.2 Å². The Labute approximate surface area is 198 Å². The lowest BCUT2D eigenvalue weighted by Crippen LogP contribution is -2.64. The van der Waals surface area contributed by atoms with Gasteiger partial charge in [0.25, 0.3) is 0 Å². The van der Waals surface area contributed by atoms with Crippen molar-refractivity contribution in [2.24, 2.45) is 28.9 Å². The number of hydrogen-bond donors (Lipinski definition) is 2. The van der Waals surface area contributed by atoms with Gasteiger partial charge in [-0.1, -0.05) is 23.2 Å². The molecule has 5 aliphatic rings. The van der Waals surface area contributed by atoms with Crippen molar-refractivity contribution < 1.29 is 18.0 Å². The van der Waals surface area contributed by atoms with E-state index >= 15 is 0 Å². The zero-order chi connectivity index (χ0) is 23.1. The Balaban J connectivity index is 1.36. The summed E-state index contributed by atoms with van der Waals surface area (Å²) in [4.78, 5) is 25.5. The summed E-state index contributed by atoms with van der Waals surface area (Å²) >= 11 is 12.1. The van der Waals surface area contributed by atoms with Crippen LogP contribution in [0.15, 0.2) is 23.1 Å². The SMILES string of the molecule is CN(C1(C(=O)NC2C3CC4CC2CC(C(N)=O)(C4)C3)CC1)S(=O)(=O)c1ccc(Cl)cc1Cl. The first-order chi connectivity index (χ1) is 15.0. The van der Waals surface area contributed by atoms with Gasteiger partial charge in [-0.15, -0.1) is 0 Å². The lowest BCUT2D eigenvalue weighted by molar-refractivity contribution is -0.148. The summed E-state index contributed by atoms with van der Waals surface area (Å²) in [6.07, 6.45) is 5.16. The molecule has 0 saturated heterocycles. The molecule has 1 aromatic carbocycles. The van der Waals surface area contributed by atoms with Gasteiger partial charge < -0.3 is 11.1 Å². The minimum atomic E-state index is -3.99. The van der Waals surface area contributed by atoms with E-state index in [1.54, 1.807) is 0 Å². The molecule has 0 aromatic heterocycles. The number of rotatable bonds is 6. The molecule has 5 aliphatic carbocycles. The zero-order valence-electron chi connectivity index (χ0n) is 17.8. The molecule has 7 nitrogen and oxygen atoms in total. The van der Waals surface area contributed by atoms with Gasteiger partial charge in [-0.3, -0.25) is 9.59 Å². The van der Waals surface area contributed by atoms with Crippen LogP contribution in [0.25, 0.3) is 0 Å². The fourth-order valence-corrected chi connectivity index (χ4v) is 8.98. The number of nitrogens with two attached hydrogens (primary N) is 1. The second-order valence-corrected chi connectivity index (χ2v) is 13.0. The number of amides is 2. The number of primary amides is 1. The quantitative estimate of drug-likeness (QED) is 0.626. The van der Waals surface area contributed by atoms with Crippen LogP contribution in [0.5, 0.6) is 0 Å². The van der Waals surface area contributed by atoms with E-state index in [0.29, 0.717) is 36.6 Å². The van der Waals surface area contributed by atoms with E-state index in [9.17, 15) is 18.0 Å². The summed E-state index contributed by atoms with van der Waals surface area (Å²) in [7, 11) is -2.55. The number of nitrogens with zero attached hydrogens (tertiary/aromatic N) is 1. The van der Waals surface area contributed by atoms with Crippen molar-refractivity contribution in [3.05, 3.63) is 28.2 Å². The van der Waals surface area contributed by atoms with Crippen LogP contribution < -0.4 is 11.1 Å². The predicted octanol–water partition coefficient (Wildman–Crippen LogP) is 2.94. The minimum Gasteiger partial charge on any atom is -0.369 e. The monoisotopic (exact) mass is 499 g/mol. The molecule has 0 aliphatic heterocycles. The van der Waals surface area contributed by atoms with E-state index in [1.165, 1.54) is 25.2 Å². The highest BCUT2D eigenvalue weighted by molar-refractivity contribution is 7.89. The Morgan fingerprint density at radius 3 is 2.28 bits per heavy atom. The Morgan fingerprint density at radius 2 is 1.75 bits per heavy atom. The van der Waals surface area contributed by atoms with Crippen LogP contribution in [0.4, 0.5) is 0 Å². The Kier molecular flexibility index (Phi) is 5.14. The van der Waals surface area contributed by atoms with Crippen LogP contribution >= 0.6 is 23.2 Å². The first-order valence-electron chi connectivity index (χ1n) is 11.0. The molecule has 0 spiro atoms. The van der Waals surface area contributed by atoms with Crippen molar-refractivity contribution in [1.29, 1.82) is 0 Å². The standard InChI is InChI=1S/C22H27Cl2N3O4S/c1-27(32(30,31)17-3-2-15(23)8-16(17)24)22(4-5-22)20(29)26-18-13-6-12-7-14(18)11-21(9-12,10-13)19(25)28/h2-3,8,12-14,18H,4-7,9-11H2,1H3,(H2,25,28)(H,26,29). The molecule has 2 amide bonds. The minimum absolute atomic E-state index is 0.0262. The number of benzene rings is 1. The third-order valence-electron chi connectivity index (χ3n) is 8.38. The number of nitrogens with one attached hydrogen (secondary N) is 1. The summed E-state index contributed by atoms with van der Waals surface area (Å²) in [5.74, 6) is 0.422. The molecule has 1 aromatic rings. The van der Waals surface area contributed by atoms with E-state index in [4.69, 9.17) is 28.9 Å². The van der Waals surface area contributed by atoms with Gasteiger partial charge in [0.1, 0.15) is 10.4 Å². The molecular formula is C22H27Cl2N3O4S. The molecule has 5 saturated carbocycles. The molecule has 32 heavy (non-hydrogen) atoms. The third kappa shape index (κ3) is 3.29. The Morgan fingerprint density at radius 1 is 1.12 bits per heavy atom. The predicted molar refractivity (Wildman–Crippen MR) is 120 cm³/mol. The first kappa shape index (κ1) is 22.4. The van der Waals surface area contributed by atoms with Crippen molar-refractivity contribution in [2.75, 3.05) is 7.05 Å². The number of hydrogen-bond acceptors (Lipinski definition) is 4. The molecule has 5 fully saturated rings. The van der Waals surface area contributed by atoms with Crippen LogP contribution in [0.1, 0.15) is 44.9 Å². The summed E-state index contributed by atoms with van der Waals surface area (Å²) in [5, 5.41) is 3.56. The number of likely N-dealkylation sites (N-methyl/N-ethyl adjacent to an activating group) is 1. The zero-order valence-corrected chi connectivity index (χ0v) is 20.1. The summed E-state index contributed by atoms with van der Waals surface area (Å²) in [6, 6.07) is 4.17. The molecule has 174 valence electrons. The highest BCUT2D eigenvalue weighted by atomic mass is 35.5. The van der Waals surface area contributed by atoms with Crippen molar-refractivity contribution in [2.45, 2.75) is 61.4 Å². The molecule has 0 radical (unpaired) electrons. The fraction of sp³-hybridized carbons (Fsp3) is 0.636. The Bertz CT molecular complexity index is 1090. The van der Waals surface area contributed by atoms with E-state index < -0.39 is 21.0 Å². The molecule has 6 rings (SSSR count). The molecule has 2 unspecified atom stereocenters. The highest BCUT2D eigenvalue weighted by Crippen LogP contribution is 2.60. The van der Waals surface area contributed by atoms with Crippen molar-refractivity contribution in [3.8, 4) is 0 Å². The maximum absolute atomic E-state index is 13.4. The average molecular weight is 500 g/mol. The number of sulfonamides is 1. The van der Waals surface area contributed by atoms with Crippen molar-refractivity contribution in [1.82, 2.24) is 9.62 Å². The van der Waals surface area contributed by atoms with Crippen LogP contribution in [-0.2, 0) is 19.6 Å². The molecule has 3 N–H and O–H groups in total.